The number of oxazole rings is 1. The lowest BCUT2D eigenvalue weighted by Crippen LogP contribution is -2.61. The summed E-state index contributed by atoms with van der Waals surface area (Å²) in [6, 6.07) is 7.27. The van der Waals surface area contributed by atoms with E-state index in [1.54, 1.807) is 0 Å². The molecule has 0 spiro atoms. The number of sulfonamides is 1. The van der Waals surface area contributed by atoms with Crippen LogP contribution in [0.5, 0.6) is 0 Å². The van der Waals surface area contributed by atoms with E-state index < -0.39 is 44.8 Å². The van der Waals surface area contributed by atoms with Crippen LogP contribution in [0.2, 0.25) is 0 Å². The Hall–Kier alpha value is -3.54. The summed E-state index contributed by atoms with van der Waals surface area (Å²) < 4.78 is 58.7. The van der Waals surface area contributed by atoms with E-state index in [-0.39, 0.29) is 28.2 Å². The second-order valence-electron chi connectivity index (χ2n) is 7.31. The van der Waals surface area contributed by atoms with Crippen LogP contribution in [0, 0.1) is 17.0 Å². The monoisotopic (exact) mass is 449 g/mol. The fraction of sp³-hybridized carbons (Fsp3) is 0.211. The van der Waals surface area contributed by atoms with Gasteiger partial charge in [0.15, 0.2) is 5.58 Å². The molecule has 1 aromatic heterocycles. The average molecular weight is 449 g/mol. The molecule has 0 radical (unpaired) electrons. The highest BCUT2D eigenvalue weighted by Gasteiger charge is 2.43. The topological polar surface area (TPSA) is 128 Å². The Morgan fingerprint density at radius 3 is 2.74 bits per heavy atom. The highest BCUT2D eigenvalue weighted by molar-refractivity contribution is 7.89. The van der Waals surface area contributed by atoms with Gasteiger partial charge in [-0.1, -0.05) is 0 Å². The summed E-state index contributed by atoms with van der Waals surface area (Å²) in [7, 11) is -2.62. The van der Waals surface area contributed by atoms with E-state index in [1.165, 1.54) is 38.2 Å². The number of hydrogen-bond acceptors (Lipinski definition) is 6. The van der Waals surface area contributed by atoms with Crippen molar-refractivity contribution >= 4 is 38.7 Å². The number of amides is 1. The predicted octanol–water partition coefficient (Wildman–Crippen LogP) is 2.37. The molecular formula is C19H17F2N5O4S. The van der Waals surface area contributed by atoms with Gasteiger partial charge in [0, 0.05) is 24.4 Å². The lowest BCUT2D eigenvalue weighted by Gasteiger charge is -2.40. The number of carbonyl (C=O) groups excluding carboxylic acids is 1. The van der Waals surface area contributed by atoms with E-state index in [0.29, 0.717) is 0 Å². The van der Waals surface area contributed by atoms with Crippen LogP contribution in [-0.2, 0) is 15.6 Å². The van der Waals surface area contributed by atoms with Crippen molar-refractivity contribution in [1.82, 2.24) is 14.6 Å². The molecule has 9 nitrogen and oxygen atoms in total. The van der Waals surface area contributed by atoms with Gasteiger partial charge in [0.1, 0.15) is 17.2 Å². The SMILES string of the molecule is CN1C(=N)N[C@](C)(c2cc(NC(=O)c3nc4cc(F)ccc4o3)ccc2F)CS1(=O)=O. The van der Waals surface area contributed by atoms with Gasteiger partial charge in [-0.15, -0.1) is 0 Å². The van der Waals surface area contributed by atoms with Crippen LogP contribution in [0.4, 0.5) is 14.5 Å². The van der Waals surface area contributed by atoms with Gasteiger partial charge >= 0.3 is 5.91 Å². The number of carbonyl (C=O) groups is 1. The molecule has 2 heterocycles. The molecule has 0 bridgehead atoms. The highest BCUT2D eigenvalue weighted by atomic mass is 32.2. The summed E-state index contributed by atoms with van der Waals surface area (Å²) >= 11 is 0. The largest absolute Gasteiger partial charge is 0.432 e. The Balaban J connectivity index is 1.64. The van der Waals surface area contributed by atoms with Crippen LogP contribution in [0.1, 0.15) is 23.2 Å². The number of nitrogens with zero attached hydrogens (tertiary/aromatic N) is 2. The molecular weight excluding hydrogens is 432 g/mol. The molecule has 0 unspecified atom stereocenters. The minimum atomic E-state index is -3.84. The van der Waals surface area contributed by atoms with Gasteiger partial charge in [-0.2, -0.15) is 0 Å². The van der Waals surface area contributed by atoms with Crippen LogP contribution < -0.4 is 10.6 Å². The summed E-state index contributed by atoms with van der Waals surface area (Å²) in [6.07, 6.45) is 0. The second-order valence-corrected chi connectivity index (χ2v) is 9.31. The van der Waals surface area contributed by atoms with Crippen molar-refractivity contribution in [2.45, 2.75) is 12.5 Å². The fourth-order valence-electron chi connectivity index (χ4n) is 3.33. The molecule has 1 fully saturated rings. The van der Waals surface area contributed by atoms with E-state index >= 15 is 0 Å². The lowest BCUT2D eigenvalue weighted by atomic mass is 9.93. The number of guanidine groups is 1. The summed E-state index contributed by atoms with van der Waals surface area (Å²) in [5.41, 5.74) is -0.954. The zero-order valence-corrected chi connectivity index (χ0v) is 17.2. The maximum Gasteiger partial charge on any atom is 0.311 e. The smallest absolute Gasteiger partial charge is 0.311 e. The number of anilines is 1. The minimum absolute atomic E-state index is 0.0497. The van der Waals surface area contributed by atoms with E-state index in [2.05, 4.69) is 15.6 Å². The predicted molar refractivity (Wildman–Crippen MR) is 108 cm³/mol. The van der Waals surface area contributed by atoms with Crippen molar-refractivity contribution in [3.05, 3.63) is 59.5 Å². The molecule has 1 atom stereocenters. The summed E-state index contributed by atoms with van der Waals surface area (Å²) in [5, 5.41) is 13.1. The molecule has 3 N–H and O–H groups in total. The molecule has 4 rings (SSSR count). The number of nitrogens with one attached hydrogen (secondary N) is 3. The van der Waals surface area contributed by atoms with Crippen LogP contribution >= 0.6 is 0 Å². The Bertz CT molecular complexity index is 1340. The lowest BCUT2D eigenvalue weighted by molar-refractivity contribution is 0.0992. The van der Waals surface area contributed by atoms with Crippen LogP contribution in [-0.4, -0.2) is 42.4 Å². The molecule has 1 amide bonds. The van der Waals surface area contributed by atoms with Gasteiger partial charge in [-0.25, -0.2) is 26.5 Å². The third-order valence-electron chi connectivity index (χ3n) is 4.96. The Morgan fingerprint density at radius 1 is 1.29 bits per heavy atom. The van der Waals surface area contributed by atoms with Crippen molar-refractivity contribution in [2.24, 2.45) is 0 Å². The first kappa shape index (κ1) is 20.7. The van der Waals surface area contributed by atoms with E-state index in [0.717, 1.165) is 16.4 Å². The fourth-order valence-corrected chi connectivity index (χ4v) is 4.80. The van der Waals surface area contributed by atoms with Gasteiger partial charge in [0.05, 0.1) is 11.3 Å². The van der Waals surface area contributed by atoms with Gasteiger partial charge in [-0.05, 0) is 37.3 Å². The zero-order chi connectivity index (χ0) is 22.6. The normalized spacial score (nSPS) is 20.5. The van der Waals surface area contributed by atoms with E-state index in [1.807, 2.05) is 0 Å². The van der Waals surface area contributed by atoms with Gasteiger partial charge < -0.3 is 15.1 Å². The maximum absolute atomic E-state index is 14.6. The number of halogens is 2. The maximum atomic E-state index is 14.6. The third kappa shape index (κ3) is 3.69. The second kappa shape index (κ2) is 7.01. The van der Waals surface area contributed by atoms with Crippen LogP contribution in [0.15, 0.2) is 40.8 Å². The van der Waals surface area contributed by atoms with Crippen molar-refractivity contribution in [3.63, 3.8) is 0 Å². The van der Waals surface area contributed by atoms with E-state index in [9.17, 15) is 22.0 Å². The zero-order valence-electron chi connectivity index (χ0n) is 16.4. The first-order valence-corrected chi connectivity index (χ1v) is 10.6. The van der Waals surface area contributed by atoms with Crippen molar-refractivity contribution in [2.75, 3.05) is 18.1 Å². The Morgan fingerprint density at radius 2 is 2.03 bits per heavy atom. The molecule has 12 heteroatoms. The quantitative estimate of drug-likeness (QED) is 0.563. The van der Waals surface area contributed by atoms with Gasteiger partial charge in [-0.3, -0.25) is 10.2 Å². The Labute approximate surface area is 175 Å². The first-order chi connectivity index (χ1) is 14.5. The number of fused-ring (bicyclic) bond motifs is 1. The van der Waals surface area contributed by atoms with Gasteiger partial charge in [0.25, 0.3) is 5.89 Å². The average Bonchev–Trinajstić information content (AvgIpc) is 3.10. The molecule has 1 aliphatic rings. The standard InChI is InChI=1S/C19H17F2N5O4S/c1-19(9-31(28,29)26(2)18(22)25-19)12-8-11(4-5-13(12)21)23-16(27)17-24-14-7-10(20)3-6-15(14)30-17/h3-8H,9H2,1-2H3,(H2,22,25)(H,23,27)/t19-/m0/s1. The minimum Gasteiger partial charge on any atom is -0.432 e. The number of rotatable bonds is 3. The number of benzene rings is 2. The number of hydrogen-bond donors (Lipinski definition) is 3. The summed E-state index contributed by atoms with van der Waals surface area (Å²) in [6.45, 7) is 1.45. The third-order valence-corrected chi connectivity index (χ3v) is 6.92. The van der Waals surface area contributed by atoms with Crippen LogP contribution in [0.25, 0.3) is 11.1 Å². The molecule has 1 aliphatic heterocycles. The molecule has 162 valence electrons. The van der Waals surface area contributed by atoms with Crippen LogP contribution in [0.3, 0.4) is 0 Å². The number of aromatic nitrogens is 1. The molecule has 0 aliphatic carbocycles. The van der Waals surface area contributed by atoms with Gasteiger partial charge in [0.2, 0.25) is 16.0 Å². The molecule has 3 aromatic rings. The Kier molecular flexibility index (Phi) is 4.69. The molecule has 0 saturated carbocycles. The summed E-state index contributed by atoms with van der Waals surface area (Å²) in [5.74, 6) is -3.21. The van der Waals surface area contributed by atoms with E-state index in [4.69, 9.17) is 9.83 Å². The van der Waals surface area contributed by atoms with Crippen molar-refractivity contribution in [1.29, 1.82) is 5.41 Å². The van der Waals surface area contributed by atoms with Crippen molar-refractivity contribution in [3.8, 4) is 0 Å². The first-order valence-electron chi connectivity index (χ1n) is 8.99. The van der Waals surface area contributed by atoms with Crippen molar-refractivity contribution < 1.29 is 26.4 Å². The molecule has 2 aromatic carbocycles. The summed E-state index contributed by atoms with van der Waals surface area (Å²) in [4.78, 5) is 16.4. The molecule has 31 heavy (non-hydrogen) atoms. The molecule has 1 saturated heterocycles. The highest BCUT2D eigenvalue weighted by Crippen LogP contribution is 2.31.